The summed E-state index contributed by atoms with van der Waals surface area (Å²) in [4.78, 5) is 2.39. The highest BCUT2D eigenvalue weighted by Crippen LogP contribution is 2.24. The first-order valence-electron chi connectivity index (χ1n) is 7.59. The van der Waals surface area contributed by atoms with Crippen LogP contribution in [0.2, 0.25) is 0 Å². The van der Waals surface area contributed by atoms with E-state index in [-0.39, 0.29) is 0 Å². The monoisotopic (exact) mass is 271 g/mol. The minimum absolute atomic E-state index is 0.556. The van der Waals surface area contributed by atoms with Crippen LogP contribution in [0.5, 0.6) is 0 Å². The SMILES string of the molecule is Cc1ccc(C#N)c(N(CC(C)C)CC2CCCN2)c1. The fraction of sp³-hybridized carbons (Fsp3) is 0.588. The molecule has 1 fully saturated rings. The van der Waals surface area contributed by atoms with Crippen LogP contribution in [0.3, 0.4) is 0 Å². The molecule has 1 saturated heterocycles. The molecule has 3 heteroatoms. The van der Waals surface area contributed by atoms with Gasteiger partial charge in [-0.25, -0.2) is 0 Å². The van der Waals surface area contributed by atoms with Crippen molar-refractivity contribution in [2.45, 2.75) is 39.7 Å². The van der Waals surface area contributed by atoms with E-state index < -0.39 is 0 Å². The van der Waals surface area contributed by atoms with Crippen molar-refractivity contribution in [1.29, 1.82) is 5.26 Å². The fourth-order valence-corrected chi connectivity index (χ4v) is 2.89. The Labute approximate surface area is 122 Å². The molecule has 1 heterocycles. The normalized spacial score (nSPS) is 18.2. The summed E-state index contributed by atoms with van der Waals surface area (Å²) >= 11 is 0. The molecule has 1 aliphatic rings. The van der Waals surface area contributed by atoms with Gasteiger partial charge in [0.2, 0.25) is 0 Å². The minimum Gasteiger partial charge on any atom is -0.369 e. The summed E-state index contributed by atoms with van der Waals surface area (Å²) in [7, 11) is 0. The summed E-state index contributed by atoms with van der Waals surface area (Å²) in [6.07, 6.45) is 2.50. The van der Waals surface area contributed by atoms with Gasteiger partial charge in [0.15, 0.2) is 0 Å². The number of hydrogen-bond donors (Lipinski definition) is 1. The van der Waals surface area contributed by atoms with Gasteiger partial charge in [-0.05, 0) is 49.9 Å². The molecule has 1 aromatic rings. The van der Waals surface area contributed by atoms with E-state index in [1.54, 1.807) is 0 Å². The second-order valence-electron chi connectivity index (χ2n) is 6.22. The van der Waals surface area contributed by atoms with Crippen LogP contribution in [0, 0.1) is 24.2 Å². The van der Waals surface area contributed by atoms with Crippen molar-refractivity contribution in [3.8, 4) is 6.07 Å². The van der Waals surface area contributed by atoms with E-state index in [4.69, 9.17) is 0 Å². The molecule has 1 unspecified atom stereocenters. The highest BCUT2D eigenvalue weighted by atomic mass is 15.2. The van der Waals surface area contributed by atoms with Gasteiger partial charge in [-0.15, -0.1) is 0 Å². The third kappa shape index (κ3) is 3.74. The molecule has 0 amide bonds. The lowest BCUT2D eigenvalue weighted by Gasteiger charge is -2.30. The van der Waals surface area contributed by atoms with Crippen molar-refractivity contribution in [1.82, 2.24) is 5.32 Å². The summed E-state index contributed by atoms with van der Waals surface area (Å²) in [5.41, 5.74) is 3.09. The van der Waals surface area contributed by atoms with E-state index >= 15 is 0 Å². The molecule has 2 rings (SSSR count). The Bertz CT molecular complexity index is 481. The quantitative estimate of drug-likeness (QED) is 0.894. The third-order valence-corrected chi connectivity index (χ3v) is 3.80. The summed E-state index contributed by atoms with van der Waals surface area (Å²) < 4.78 is 0. The Morgan fingerprint density at radius 1 is 1.45 bits per heavy atom. The molecular formula is C17H25N3. The van der Waals surface area contributed by atoms with Crippen LogP contribution >= 0.6 is 0 Å². The Morgan fingerprint density at radius 2 is 2.25 bits per heavy atom. The lowest BCUT2D eigenvalue weighted by molar-refractivity contribution is 0.540. The summed E-state index contributed by atoms with van der Waals surface area (Å²) in [5.74, 6) is 0.587. The van der Waals surface area contributed by atoms with Crippen LogP contribution in [0.25, 0.3) is 0 Å². The van der Waals surface area contributed by atoms with Gasteiger partial charge in [0.25, 0.3) is 0 Å². The topological polar surface area (TPSA) is 39.1 Å². The van der Waals surface area contributed by atoms with Crippen molar-refractivity contribution < 1.29 is 0 Å². The van der Waals surface area contributed by atoms with Crippen LogP contribution in [0.15, 0.2) is 18.2 Å². The van der Waals surface area contributed by atoms with Crippen molar-refractivity contribution in [3.63, 3.8) is 0 Å². The zero-order valence-corrected chi connectivity index (χ0v) is 12.8. The molecule has 0 aliphatic carbocycles. The van der Waals surface area contributed by atoms with E-state index in [9.17, 15) is 5.26 Å². The van der Waals surface area contributed by atoms with E-state index in [1.165, 1.54) is 18.4 Å². The smallest absolute Gasteiger partial charge is 0.101 e. The van der Waals surface area contributed by atoms with Crippen molar-refractivity contribution in [2.75, 3.05) is 24.5 Å². The van der Waals surface area contributed by atoms with Crippen LogP contribution in [0.1, 0.15) is 37.8 Å². The first-order valence-corrected chi connectivity index (χ1v) is 7.59. The molecule has 1 atom stereocenters. The molecule has 20 heavy (non-hydrogen) atoms. The lowest BCUT2D eigenvalue weighted by atomic mass is 10.1. The number of hydrogen-bond acceptors (Lipinski definition) is 3. The second kappa shape index (κ2) is 6.76. The predicted octanol–water partition coefficient (Wildman–Crippen LogP) is 3.08. The van der Waals surface area contributed by atoms with Gasteiger partial charge in [0.05, 0.1) is 11.3 Å². The average molecular weight is 271 g/mol. The van der Waals surface area contributed by atoms with Gasteiger partial charge >= 0.3 is 0 Å². The maximum Gasteiger partial charge on any atom is 0.101 e. The number of rotatable bonds is 5. The standard InChI is InChI=1S/C17H25N3/c1-13(2)11-20(12-16-5-4-8-19-16)17-9-14(3)6-7-15(17)10-18/h6-7,9,13,16,19H,4-5,8,11-12H2,1-3H3. The molecular weight excluding hydrogens is 246 g/mol. The molecule has 108 valence electrons. The van der Waals surface area contributed by atoms with Crippen molar-refractivity contribution >= 4 is 5.69 Å². The van der Waals surface area contributed by atoms with Crippen molar-refractivity contribution in [3.05, 3.63) is 29.3 Å². The number of benzene rings is 1. The van der Waals surface area contributed by atoms with E-state index in [2.05, 4.69) is 43.1 Å². The number of nitrogens with one attached hydrogen (secondary N) is 1. The second-order valence-corrected chi connectivity index (χ2v) is 6.22. The Kier molecular flexibility index (Phi) is 5.03. The first-order chi connectivity index (χ1) is 9.60. The number of nitrogens with zero attached hydrogens (tertiary/aromatic N) is 2. The maximum absolute atomic E-state index is 9.36. The van der Waals surface area contributed by atoms with Crippen LogP contribution in [-0.4, -0.2) is 25.7 Å². The lowest BCUT2D eigenvalue weighted by Crippen LogP contribution is -2.39. The minimum atomic E-state index is 0.556. The summed E-state index contributed by atoms with van der Waals surface area (Å²) in [6.45, 7) is 9.67. The maximum atomic E-state index is 9.36. The van der Waals surface area contributed by atoms with Gasteiger partial charge in [0, 0.05) is 19.1 Å². The Balaban J connectivity index is 2.25. The van der Waals surface area contributed by atoms with Crippen LogP contribution in [-0.2, 0) is 0 Å². The molecule has 0 bridgehead atoms. The first kappa shape index (κ1) is 14.9. The number of anilines is 1. The Hall–Kier alpha value is -1.53. The van der Waals surface area contributed by atoms with Gasteiger partial charge in [-0.1, -0.05) is 19.9 Å². The van der Waals surface area contributed by atoms with Crippen molar-refractivity contribution in [2.24, 2.45) is 5.92 Å². The molecule has 0 radical (unpaired) electrons. The van der Waals surface area contributed by atoms with Gasteiger partial charge in [0.1, 0.15) is 6.07 Å². The average Bonchev–Trinajstić information content (AvgIpc) is 2.90. The zero-order valence-electron chi connectivity index (χ0n) is 12.8. The summed E-state index contributed by atoms with van der Waals surface area (Å²) in [5, 5.41) is 12.9. The van der Waals surface area contributed by atoms with Gasteiger partial charge < -0.3 is 10.2 Å². The highest BCUT2D eigenvalue weighted by molar-refractivity contribution is 5.60. The summed E-state index contributed by atoms with van der Waals surface area (Å²) in [6, 6.07) is 9.01. The molecule has 1 aromatic carbocycles. The van der Waals surface area contributed by atoms with E-state index in [0.29, 0.717) is 12.0 Å². The van der Waals surface area contributed by atoms with Gasteiger partial charge in [-0.2, -0.15) is 5.26 Å². The largest absolute Gasteiger partial charge is 0.369 e. The number of nitriles is 1. The Morgan fingerprint density at radius 3 is 2.85 bits per heavy atom. The molecule has 1 aliphatic heterocycles. The van der Waals surface area contributed by atoms with E-state index in [0.717, 1.165) is 30.9 Å². The molecule has 0 aromatic heterocycles. The molecule has 0 spiro atoms. The zero-order chi connectivity index (χ0) is 14.5. The number of aryl methyl sites for hydroxylation is 1. The van der Waals surface area contributed by atoms with Gasteiger partial charge in [-0.3, -0.25) is 0 Å². The molecule has 1 N–H and O–H groups in total. The highest BCUT2D eigenvalue weighted by Gasteiger charge is 2.20. The molecule has 0 saturated carbocycles. The van der Waals surface area contributed by atoms with Crippen LogP contribution < -0.4 is 10.2 Å². The molecule has 3 nitrogen and oxygen atoms in total. The van der Waals surface area contributed by atoms with E-state index in [1.807, 2.05) is 12.1 Å². The predicted molar refractivity (Wildman–Crippen MR) is 84.0 cm³/mol. The third-order valence-electron chi connectivity index (χ3n) is 3.80. The fourth-order valence-electron chi connectivity index (χ4n) is 2.89. The van der Waals surface area contributed by atoms with Crippen LogP contribution in [0.4, 0.5) is 5.69 Å².